The average molecular weight is 261 g/mol. The van der Waals surface area contributed by atoms with E-state index in [0.29, 0.717) is 16.9 Å². The molecule has 3 atom stereocenters. The monoisotopic (exact) mass is 261 g/mol. The average Bonchev–Trinajstić information content (AvgIpc) is 2.95. The van der Waals surface area contributed by atoms with Gasteiger partial charge in [0.25, 0.3) is 0 Å². The topological polar surface area (TPSA) is 29.9 Å². The van der Waals surface area contributed by atoms with Crippen molar-refractivity contribution in [1.29, 1.82) is 0 Å². The molecular formula is C16H27N3. The number of hydrogen-bond acceptors (Lipinski definition) is 2. The standard InChI is InChI=1S/C16H27N3/c1-15(2)12-5-7-16(3,11-12)14(15)18-8-6-13-17-9-10-19(13)4/h9-10,12,14,18H,5-8,11H2,1-4H3. The summed E-state index contributed by atoms with van der Waals surface area (Å²) < 4.78 is 2.12. The molecule has 106 valence electrons. The summed E-state index contributed by atoms with van der Waals surface area (Å²) in [6.07, 6.45) is 9.19. The van der Waals surface area contributed by atoms with E-state index in [9.17, 15) is 0 Å². The van der Waals surface area contributed by atoms with Crippen molar-refractivity contribution >= 4 is 0 Å². The number of nitrogens with one attached hydrogen (secondary N) is 1. The fourth-order valence-electron chi connectivity index (χ4n) is 4.78. The molecule has 19 heavy (non-hydrogen) atoms. The van der Waals surface area contributed by atoms with Crippen LogP contribution in [-0.2, 0) is 13.5 Å². The second kappa shape index (κ2) is 4.34. The predicted octanol–water partition coefficient (Wildman–Crippen LogP) is 2.77. The van der Waals surface area contributed by atoms with Gasteiger partial charge in [-0.05, 0) is 36.0 Å². The first-order valence-corrected chi connectivity index (χ1v) is 7.63. The summed E-state index contributed by atoms with van der Waals surface area (Å²) in [5, 5.41) is 3.86. The highest BCUT2D eigenvalue weighted by Gasteiger charge is 2.58. The van der Waals surface area contributed by atoms with E-state index in [0.717, 1.165) is 18.9 Å². The van der Waals surface area contributed by atoms with Gasteiger partial charge in [0.05, 0.1) is 0 Å². The molecule has 3 unspecified atom stereocenters. The van der Waals surface area contributed by atoms with Crippen LogP contribution in [0.3, 0.4) is 0 Å². The van der Waals surface area contributed by atoms with Crippen LogP contribution in [0.2, 0.25) is 0 Å². The van der Waals surface area contributed by atoms with E-state index in [2.05, 4.69) is 42.7 Å². The summed E-state index contributed by atoms with van der Waals surface area (Å²) >= 11 is 0. The van der Waals surface area contributed by atoms with E-state index in [1.807, 2.05) is 12.4 Å². The molecule has 2 aliphatic carbocycles. The van der Waals surface area contributed by atoms with Gasteiger partial charge in [0.15, 0.2) is 0 Å². The number of aromatic nitrogens is 2. The van der Waals surface area contributed by atoms with Gasteiger partial charge >= 0.3 is 0 Å². The normalized spacial score (nSPS) is 36.0. The molecule has 3 nitrogen and oxygen atoms in total. The van der Waals surface area contributed by atoms with Gasteiger partial charge in [-0.2, -0.15) is 0 Å². The molecule has 1 aromatic rings. The summed E-state index contributed by atoms with van der Waals surface area (Å²) in [4.78, 5) is 4.40. The fraction of sp³-hybridized carbons (Fsp3) is 0.812. The Labute approximate surface area is 116 Å². The molecule has 1 aromatic heterocycles. The van der Waals surface area contributed by atoms with E-state index in [1.165, 1.54) is 25.1 Å². The zero-order valence-corrected chi connectivity index (χ0v) is 12.7. The predicted molar refractivity (Wildman–Crippen MR) is 77.9 cm³/mol. The van der Waals surface area contributed by atoms with Crippen molar-refractivity contribution in [1.82, 2.24) is 14.9 Å². The van der Waals surface area contributed by atoms with Crippen LogP contribution in [0.25, 0.3) is 0 Å². The van der Waals surface area contributed by atoms with Crippen molar-refractivity contribution in [3.63, 3.8) is 0 Å². The molecule has 3 rings (SSSR count). The summed E-state index contributed by atoms with van der Waals surface area (Å²) in [6.45, 7) is 8.45. The number of imidazole rings is 1. The van der Waals surface area contributed by atoms with E-state index in [1.54, 1.807) is 0 Å². The highest BCUT2D eigenvalue weighted by molar-refractivity contribution is 5.12. The maximum absolute atomic E-state index is 4.40. The Bertz CT molecular complexity index is 458. The largest absolute Gasteiger partial charge is 0.338 e. The van der Waals surface area contributed by atoms with Gasteiger partial charge in [-0.25, -0.2) is 4.98 Å². The van der Waals surface area contributed by atoms with Crippen molar-refractivity contribution in [3.8, 4) is 0 Å². The zero-order valence-electron chi connectivity index (χ0n) is 12.7. The summed E-state index contributed by atoms with van der Waals surface area (Å²) in [5.41, 5.74) is 0.977. The van der Waals surface area contributed by atoms with Crippen LogP contribution in [0.1, 0.15) is 45.9 Å². The maximum Gasteiger partial charge on any atom is 0.109 e. The van der Waals surface area contributed by atoms with Crippen LogP contribution in [0.15, 0.2) is 12.4 Å². The lowest BCUT2D eigenvalue weighted by atomic mass is 9.68. The molecule has 1 heterocycles. The smallest absolute Gasteiger partial charge is 0.109 e. The number of aryl methyl sites for hydroxylation is 1. The second-order valence-corrected chi connectivity index (χ2v) is 7.51. The van der Waals surface area contributed by atoms with E-state index in [4.69, 9.17) is 0 Å². The first kappa shape index (κ1) is 13.2. The van der Waals surface area contributed by atoms with Crippen molar-refractivity contribution in [2.45, 2.75) is 52.5 Å². The molecular weight excluding hydrogens is 234 g/mol. The Morgan fingerprint density at radius 2 is 2.21 bits per heavy atom. The first-order chi connectivity index (χ1) is 8.93. The number of hydrogen-bond donors (Lipinski definition) is 1. The second-order valence-electron chi connectivity index (χ2n) is 7.51. The molecule has 2 bridgehead atoms. The van der Waals surface area contributed by atoms with E-state index in [-0.39, 0.29) is 0 Å². The minimum Gasteiger partial charge on any atom is -0.338 e. The van der Waals surface area contributed by atoms with Crippen molar-refractivity contribution < 1.29 is 0 Å². The highest BCUT2D eigenvalue weighted by atomic mass is 15.0. The Kier molecular flexibility index (Phi) is 3.01. The number of rotatable bonds is 4. The number of fused-ring (bicyclic) bond motifs is 2. The van der Waals surface area contributed by atoms with Crippen LogP contribution in [-0.4, -0.2) is 22.1 Å². The fourth-order valence-corrected chi connectivity index (χ4v) is 4.78. The van der Waals surface area contributed by atoms with Crippen LogP contribution in [0.5, 0.6) is 0 Å². The van der Waals surface area contributed by atoms with Gasteiger partial charge in [0.2, 0.25) is 0 Å². The van der Waals surface area contributed by atoms with Gasteiger partial charge in [-0.1, -0.05) is 20.8 Å². The lowest BCUT2D eigenvalue weighted by Crippen LogP contribution is -2.50. The van der Waals surface area contributed by atoms with Crippen molar-refractivity contribution in [2.24, 2.45) is 23.8 Å². The summed E-state index contributed by atoms with van der Waals surface area (Å²) in [7, 11) is 2.07. The zero-order chi connectivity index (χ0) is 13.7. The Hall–Kier alpha value is -0.830. The molecule has 0 radical (unpaired) electrons. The number of nitrogens with zero attached hydrogens (tertiary/aromatic N) is 2. The van der Waals surface area contributed by atoms with Crippen LogP contribution < -0.4 is 5.32 Å². The minimum atomic E-state index is 0.453. The van der Waals surface area contributed by atoms with Gasteiger partial charge in [0, 0.05) is 38.4 Å². The summed E-state index contributed by atoms with van der Waals surface area (Å²) in [6, 6.07) is 0.666. The van der Waals surface area contributed by atoms with Gasteiger partial charge in [0.1, 0.15) is 5.82 Å². The molecule has 0 amide bonds. The quantitative estimate of drug-likeness (QED) is 0.903. The molecule has 3 heteroatoms. The third kappa shape index (κ3) is 2.03. The third-order valence-corrected chi connectivity index (χ3v) is 5.89. The van der Waals surface area contributed by atoms with Crippen molar-refractivity contribution in [3.05, 3.63) is 18.2 Å². The lowest BCUT2D eigenvalue weighted by molar-refractivity contribution is 0.110. The SMILES string of the molecule is Cn1ccnc1CCNC1C2(C)CCC(C2)C1(C)C. The molecule has 0 spiro atoms. The van der Waals surface area contributed by atoms with Crippen molar-refractivity contribution in [2.75, 3.05) is 6.54 Å². The Morgan fingerprint density at radius 3 is 2.79 bits per heavy atom. The molecule has 0 aliphatic heterocycles. The Balaban J connectivity index is 1.62. The van der Waals surface area contributed by atoms with E-state index >= 15 is 0 Å². The van der Waals surface area contributed by atoms with Crippen LogP contribution >= 0.6 is 0 Å². The summed E-state index contributed by atoms with van der Waals surface area (Å²) in [5.74, 6) is 2.10. The van der Waals surface area contributed by atoms with E-state index < -0.39 is 0 Å². The highest BCUT2D eigenvalue weighted by Crippen LogP contribution is 2.62. The minimum absolute atomic E-state index is 0.453. The van der Waals surface area contributed by atoms with Crippen LogP contribution in [0.4, 0.5) is 0 Å². The molecule has 2 saturated carbocycles. The molecule has 0 aromatic carbocycles. The Morgan fingerprint density at radius 1 is 1.42 bits per heavy atom. The molecule has 0 saturated heterocycles. The van der Waals surface area contributed by atoms with Gasteiger partial charge < -0.3 is 9.88 Å². The van der Waals surface area contributed by atoms with Crippen LogP contribution in [0, 0.1) is 16.7 Å². The first-order valence-electron chi connectivity index (χ1n) is 7.63. The maximum atomic E-state index is 4.40. The molecule has 1 N–H and O–H groups in total. The molecule has 2 fully saturated rings. The van der Waals surface area contributed by atoms with Gasteiger partial charge in [-0.3, -0.25) is 0 Å². The van der Waals surface area contributed by atoms with Gasteiger partial charge in [-0.15, -0.1) is 0 Å². The molecule has 2 aliphatic rings. The third-order valence-electron chi connectivity index (χ3n) is 5.89. The lowest BCUT2D eigenvalue weighted by Gasteiger charge is -2.43.